The first kappa shape index (κ1) is 15.8. The Morgan fingerprint density at radius 1 is 1.24 bits per heavy atom. The van der Waals surface area contributed by atoms with Crippen LogP contribution in [0, 0.1) is 0 Å². The van der Waals surface area contributed by atoms with E-state index < -0.39 is 5.54 Å². The molecule has 5 nitrogen and oxygen atoms in total. The number of primary amides is 1. The molecule has 1 amide bonds. The van der Waals surface area contributed by atoms with Crippen molar-refractivity contribution in [3.05, 3.63) is 30.3 Å². The highest BCUT2D eigenvalue weighted by Crippen LogP contribution is 2.16. The number of piperazine rings is 1. The third kappa shape index (κ3) is 3.95. The van der Waals surface area contributed by atoms with Crippen LogP contribution in [0.25, 0.3) is 0 Å². The van der Waals surface area contributed by atoms with Gasteiger partial charge in [-0.25, -0.2) is 0 Å². The molecule has 1 atom stereocenters. The van der Waals surface area contributed by atoms with Crippen molar-refractivity contribution >= 4 is 11.6 Å². The summed E-state index contributed by atoms with van der Waals surface area (Å²) in [5.74, 6) is -0.283. The Bertz CT molecular complexity index is 457. The van der Waals surface area contributed by atoms with Crippen molar-refractivity contribution in [1.29, 1.82) is 0 Å². The lowest BCUT2D eigenvalue weighted by molar-refractivity contribution is -0.124. The number of carbonyl (C=O) groups excluding carboxylic acids is 1. The number of likely N-dealkylation sites (N-methyl/N-ethyl adjacent to an activating group) is 1. The van der Waals surface area contributed by atoms with Crippen LogP contribution < -0.4 is 16.0 Å². The molecule has 3 N–H and O–H groups in total. The maximum absolute atomic E-state index is 11.7. The molecule has 0 spiro atoms. The van der Waals surface area contributed by atoms with Gasteiger partial charge in [-0.3, -0.25) is 9.69 Å². The highest BCUT2D eigenvalue weighted by atomic mass is 16.1. The van der Waals surface area contributed by atoms with Crippen LogP contribution in [-0.4, -0.2) is 55.6 Å². The molecule has 21 heavy (non-hydrogen) atoms. The second-order valence-electron chi connectivity index (χ2n) is 5.83. The van der Waals surface area contributed by atoms with E-state index in [1.54, 1.807) is 0 Å². The summed E-state index contributed by atoms with van der Waals surface area (Å²) in [5, 5.41) is 3.22. The minimum atomic E-state index is -0.649. The fourth-order valence-electron chi connectivity index (χ4n) is 2.86. The van der Waals surface area contributed by atoms with E-state index in [1.165, 1.54) is 5.69 Å². The number of carbonyl (C=O) groups is 1. The van der Waals surface area contributed by atoms with Crippen molar-refractivity contribution in [3.63, 3.8) is 0 Å². The van der Waals surface area contributed by atoms with E-state index in [0.29, 0.717) is 6.54 Å². The molecule has 1 fully saturated rings. The van der Waals surface area contributed by atoms with Crippen LogP contribution in [-0.2, 0) is 4.79 Å². The zero-order valence-electron chi connectivity index (χ0n) is 13.0. The Hall–Kier alpha value is -1.59. The quantitative estimate of drug-likeness (QED) is 0.808. The first-order valence-electron chi connectivity index (χ1n) is 7.62. The molecule has 1 aromatic rings. The summed E-state index contributed by atoms with van der Waals surface area (Å²) < 4.78 is 0. The van der Waals surface area contributed by atoms with Crippen molar-refractivity contribution < 1.29 is 4.79 Å². The standard InChI is InChI=1S/C16H26N4O/c1-3-18-16(2,15(17)21)13-19-9-11-20(12-10-19)14-7-5-4-6-8-14/h4-8,18H,3,9-13H2,1-2H3,(H2,17,21). The second-order valence-corrected chi connectivity index (χ2v) is 5.83. The zero-order valence-corrected chi connectivity index (χ0v) is 13.0. The second kappa shape index (κ2) is 6.91. The third-order valence-electron chi connectivity index (χ3n) is 4.14. The van der Waals surface area contributed by atoms with Gasteiger partial charge < -0.3 is 16.0 Å². The fraction of sp³-hybridized carbons (Fsp3) is 0.562. The number of amides is 1. The highest BCUT2D eigenvalue weighted by molar-refractivity contribution is 5.84. The normalized spacial score (nSPS) is 19.2. The van der Waals surface area contributed by atoms with Gasteiger partial charge in [0, 0.05) is 38.4 Å². The topological polar surface area (TPSA) is 61.6 Å². The Labute approximate surface area is 127 Å². The van der Waals surface area contributed by atoms with Gasteiger partial charge in [-0.2, -0.15) is 0 Å². The first-order valence-corrected chi connectivity index (χ1v) is 7.62. The van der Waals surface area contributed by atoms with E-state index in [0.717, 1.165) is 32.7 Å². The van der Waals surface area contributed by atoms with E-state index in [9.17, 15) is 4.79 Å². The summed E-state index contributed by atoms with van der Waals surface area (Å²) in [6, 6.07) is 10.5. The Balaban J connectivity index is 1.90. The van der Waals surface area contributed by atoms with Gasteiger partial charge in [-0.05, 0) is 25.6 Å². The van der Waals surface area contributed by atoms with Gasteiger partial charge in [0.2, 0.25) is 5.91 Å². The van der Waals surface area contributed by atoms with Crippen LogP contribution in [0.2, 0.25) is 0 Å². The van der Waals surface area contributed by atoms with E-state index in [4.69, 9.17) is 5.73 Å². The molecule has 0 aromatic heterocycles. The molecule has 1 unspecified atom stereocenters. The monoisotopic (exact) mass is 290 g/mol. The number of nitrogens with one attached hydrogen (secondary N) is 1. The van der Waals surface area contributed by atoms with Gasteiger partial charge in [0.1, 0.15) is 5.54 Å². The molecular formula is C16H26N4O. The van der Waals surface area contributed by atoms with Crippen LogP contribution in [0.3, 0.4) is 0 Å². The average Bonchev–Trinajstić information content (AvgIpc) is 2.49. The number of rotatable bonds is 6. The molecule has 2 rings (SSSR count). The van der Waals surface area contributed by atoms with E-state index in [2.05, 4.69) is 39.4 Å². The summed E-state index contributed by atoms with van der Waals surface area (Å²) >= 11 is 0. The lowest BCUT2D eigenvalue weighted by Crippen LogP contribution is -2.61. The van der Waals surface area contributed by atoms with Gasteiger partial charge in [0.25, 0.3) is 0 Å². The van der Waals surface area contributed by atoms with Crippen molar-refractivity contribution in [3.8, 4) is 0 Å². The van der Waals surface area contributed by atoms with Crippen molar-refractivity contribution in [2.75, 3.05) is 44.2 Å². The number of nitrogens with two attached hydrogens (primary N) is 1. The van der Waals surface area contributed by atoms with Gasteiger partial charge in [-0.15, -0.1) is 0 Å². The molecule has 0 radical (unpaired) electrons. The first-order chi connectivity index (χ1) is 10.0. The number of nitrogens with zero attached hydrogens (tertiary/aromatic N) is 2. The van der Waals surface area contributed by atoms with E-state index >= 15 is 0 Å². The number of para-hydroxylation sites is 1. The van der Waals surface area contributed by atoms with Crippen LogP contribution in [0.4, 0.5) is 5.69 Å². The predicted octanol–water partition coefficient (Wildman–Crippen LogP) is 0.662. The minimum absolute atomic E-state index is 0.283. The Kier molecular flexibility index (Phi) is 5.20. The summed E-state index contributed by atoms with van der Waals surface area (Å²) in [5.41, 5.74) is 6.17. The Morgan fingerprint density at radius 2 is 1.86 bits per heavy atom. The molecule has 116 valence electrons. The van der Waals surface area contributed by atoms with Gasteiger partial charge in [-0.1, -0.05) is 25.1 Å². The average molecular weight is 290 g/mol. The highest BCUT2D eigenvalue weighted by Gasteiger charge is 2.33. The molecule has 1 aromatic carbocycles. The number of benzene rings is 1. The van der Waals surface area contributed by atoms with Crippen molar-refractivity contribution in [2.24, 2.45) is 5.73 Å². The molecule has 0 aliphatic carbocycles. The van der Waals surface area contributed by atoms with Gasteiger partial charge in [0.05, 0.1) is 0 Å². The summed E-state index contributed by atoms with van der Waals surface area (Å²) in [7, 11) is 0. The van der Waals surface area contributed by atoms with Crippen molar-refractivity contribution in [2.45, 2.75) is 19.4 Å². The van der Waals surface area contributed by atoms with Gasteiger partial charge >= 0.3 is 0 Å². The molecule has 1 heterocycles. The van der Waals surface area contributed by atoms with E-state index in [1.807, 2.05) is 19.9 Å². The summed E-state index contributed by atoms with van der Waals surface area (Å²) in [6.07, 6.45) is 0. The predicted molar refractivity (Wildman–Crippen MR) is 86.4 cm³/mol. The molecule has 1 aliphatic rings. The van der Waals surface area contributed by atoms with Gasteiger partial charge in [0.15, 0.2) is 0 Å². The van der Waals surface area contributed by atoms with Crippen LogP contribution in [0.15, 0.2) is 30.3 Å². The molecular weight excluding hydrogens is 264 g/mol. The van der Waals surface area contributed by atoms with Crippen LogP contribution in [0.5, 0.6) is 0 Å². The molecule has 1 aliphatic heterocycles. The lowest BCUT2D eigenvalue weighted by Gasteiger charge is -2.40. The third-order valence-corrected chi connectivity index (χ3v) is 4.14. The number of hydrogen-bond donors (Lipinski definition) is 2. The van der Waals surface area contributed by atoms with E-state index in [-0.39, 0.29) is 5.91 Å². The maximum atomic E-state index is 11.7. The SMILES string of the molecule is CCNC(C)(CN1CCN(c2ccccc2)CC1)C(N)=O. The van der Waals surface area contributed by atoms with Crippen LogP contribution >= 0.6 is 0 Å². The van der Waals surface area contributed by atoms with Crippen LogP contribution in [0.1, 0.15) is 13.8 Å². The molecule has 0 saturated carbocycles. The summed E-state index contributed by atoms with van der Waals surface area (Å²) in [6.45, 7) is 9.14. The van der Waals surface area contributed by atoms with Crippen molar-refractivity contribution in [1.82, 2.24) is 10.2 Å². The number of anilines is 1. The fourth-order valence-corrected chi connectivity index (χ4v) is 2.86. The largest absolute Gasteiger partial charge is 0.369 e. The lowest BCUT2D eigenvalue weighted by atomic mass is 10.00. The smallest absolute Gasteiger partial charge is 0.238 e. The zero-order chi connectivity index (χ0) is 15.3. The number of hydrogen-bond acceptors (Lipinski definition) is 4. The Morgan fingerprint density at radius 3 is 2.38 bits per heavy atom. The molecule has 0 bridgehead atoms. The molecule has 1 saturated heterocycles. The molecule has 5 heteroatoms. The maximum Gasteiger partial charge on any atom is 0.238 e. The summed E-state index contributed by atoms with van der Waals surface area (Å²) in [4.78, 5) is 16.4. The minimum Gasteiger partial charge on any atom is -0.369 e.